The molecule has 1 aliphatic carbocycles. The lowest BCUT2D eigenvalue weighted by Crippen LogP contribution is -2.17. The van der Waals surface area contributed by atoms with Crippen molar-refractivity contribution in [2.75, 3.05) is 17.7 Å². The van der Waals surface area contributed by atoms with Crippen molar-refractivity contribution in [1.82, 2.24) is 14.8 Å². The molecule has 3 heterocycles. The third-order valence-electron chi connectivity index (χ3n) is 5.54. The van der Waals surface area contributed by atoms with E-state index in [4.69, 9.17) is 4.74 Å². The lowest BCUT2D eigenvalue weighted by atomic mass is 10.1. The highest BCUT2D eigenvalue weighted by atomic mass is 32.2. The Balaban J connectivity index is 1.50. The van der Waals surface area contributed by atoms with Gasteiger partial charge in [0.1, 0.15) is 5.00 Å². The number of anilines is 1. The topological polar surface area (TPSA) is 86.1 Å². The van der Waals surface area contributed by atoms with Crippen molar-refractivity contribution in [3.63, 3.8) is 0 Å². The zero-order valence-corrected chi connectivity index (χ0v) is 21.3. The molecule has 4 rings (SSSR count). The maximum atomic E-state index is 12.8. The van der Waals surface area contributed by atoms with Gasteiger partial charge < -0.3 is 10.1 Å². The van der Waals surface area contributed by atoms with Crippen LogP contribution in [0.5, 0.6) is 0 Å². The maximum Gasteiger partial charge on any atom is 0.341 e. The number of hydrogen-bond acceptors (Lipinski definition) is 8. The molecule has 1 amide bonds. The minimum Gasteiger partial charge on any atom is -0.462 e. The number of nitrogens with zero attached hydrogens (tertiary/aromatic N) is 3. The molecule has 0 bridgehead atoms. The van der Waals surface area contributed by atoms with Crippen LogP contribution in [0.1, 0.15) is 44.6 Å². The van der Waals surface area contributed by atoms with Gasteiger partial charge in [-0.05, 0) is 51.2 Å². The SMILES string of the molecule is C=CCn1c(SCC(=O)Nc2sc3c(c2C(=O)OCC)CCC3)nnc1-c1csc(C)c1C. The number of rotatable bonds is 9. The summed E-state index contributed by atoms with van der Waals surface area (Å²) in [6, 6.07) is 0. The molecule has 0 radical (unpaired) electrons. The van der Waals surface area contributed by atoms with Crippen LogP contribution < -0.4 is 5.32 Å². The Morgan fingerprint density at radius 2 is 2.15 bits per heavy atom. The fraction of sp³-hybridized carbons (Fsp3) is 0.391. The number of carbonyl (C=O) groups excluding carboxylic acids is 2. The van der Waals surface area contributed by atoms with Gasteiger partial charge in [0.05, 0.1) is 17.9 Å². The molecule has 1 N–H and O–H groups in total. The van der Waals surface area contributed by atoms with E-state index in [0.29, 0.717) is 28.9 Å². The molecular formula is C23H26N4O3S3. The van der Waals surface area contributed by atoms with Crippen LogP contribution in [-0.2, 0) is 28.9 Å². The van der Waals surface area contributed by atoms with Crippen LogP contribution in [0.2, 0.25) is 0 Å². The Morgan fingerprint density at radius 3 is 2.85 bits per heavy atom. The average molecular weight is 503 g/mol. The number of amides is 1. The molecule has 3 aromatic rings. The first-order valence-electron chi connectivity index (χ1n) is 10.8. The highest BCUT2D eigenvalue weighted by molar-refractivity contribution is 7.99. The number of fused-ring (bicyclic) bond motifs is 1. The normalized spacial score (nSPS) is 12.6. The summed E-state index contributed by atoms with van der Waals surface area (Å²) in [5.74, 6) is 0.375. The van der Waals surface area contributed by atoms with Crippen molar-refractivity contribution in [3.8, 4) is 11.4 Å². The molecule has 33 heavy (non-hydrogen) atoms. The van der Waals surface area contributed by atoms with Crippen LogP contribution in [0.4, 0.5) is 5.00 Å². The number of hydrogen-bond donors (Lipinski definition) is 1. The van der Waals surface area contributed by atoms with E-state index >= 15 is 0 Å². The van der Waals surface area contributed by atoms with E-state index in [0.717, 1.165) is 41.1 Å². The molecule has 0 unspecified atom stereocenters. The largest absolute Gasteiger partial charge is 0.462 e. The van der Waals surface area contributed by atoms with Crippen LogP contribution in [0, 0.1) is 13.8 Å². The second kappa shape index (κ2) is 10.2. The first-order chi connectivity index (χ1) is 15.9. The summed E-state index contributed by atoms with van der Waals surface area (Å²) in [7, 11) is 0. The van der Waals surface area contributed by atoms with Gasteiger partial charge in [-0.1, -0.05) is 17.8 Å². The Bertz CT molecular complexity index is 1210. The number of nitrogens with one attached hydrogen (secondary N) is 1. The van der Waals surface area contributed by atoms with E-state index in [1.807, 2.05) is 4.57 Å². The Labute approximate surface area is 205 Å². The standard InChI is InChI=1S/C23H26N4O3S3/c1-5-10-27-20(16-11-31-14(4)13(16)3)25-26-23(27)32-12-18(28)24-21-19(22(29)30-6-2)15-8-7-9-17(15)33-21/h5,11H,1,6-10,12H2,2-4H3,(H,24,28). The zero-order chi connectivity index (χ0) is 23.5. The quantitative estimate of drug-likeness (QED) is 0.244. The van der Waals surface area contributed by atoms with E-state index in [-0.39, 0.29) is 17.6 Å². The molecule has 0 atom stereocenters. The number of aromatic nitrogens is 3. The van der Waals surface area contributed by atoms with Crippen molar-refractivity contribution in [2.24, 2.45) is 0 Å². The lowest BCUT2D eigenvalue weighted by Gasteiger charge is -2.09. The average Bonchev–Trinajstić information content (AvgIpc) is 3.53. The van der Waals surface area contributed by atoms with Gasteiger partial charge in [0.15, 0.2) is 11.0 Å². The molecule has 10 heteroatoms. The van der Waals surface area contributed by atoms with Crippen molar-refractivity contribution in [1.29, 1.82) is 0 Å². The minimum absolute atomic E-state index is 0.155. The second-order valence-electron chi connectivity index (χ2n) is 7.65. The maximum absolute atomic E-state index is 12.8. The molecule has 0 saturated carbocycles. The molecule has 0 aliphatic heterocycles. The van der Waals surface area contributed by atoms with Crippen LogP contribution in [0.25, 0.3) is 11.4 Å². The zero-order valence-electron chi connectivity index (χ0n) is 18.9. The molecule has 0 saturated heterocycles. The van der Waals surface area contributed by atoms with Gasteiger partial charge in [0.25, 0.3) is 0 Å². The van der Waals surface area contributed by atoms with Crippen LogP contribution >= 0.6 is 34.4 Å². The van der Waals surface area contributed by atoms with E-state index < -0.39 is 0 Å². The first kappa shape index (κ1) is 23.7. The Hall–Kier alpha value is -2.43. The van der Waals surface area contributed by atoms with Gasteiger partial charge in [-0.25, -0.2) is 4.79 Å². The monoisotopic (exact) mass is 502 g/mol. The third kappa shape index (κ3) is 4.78. The van der Waals surface area contributed by atoms with Gasteiger partial charge in [-0.15, -0.1) is 39.4 Å². The van der Waals surface area contributed by atoms with Gasteiger partial charge in [0, 0.05) is 27.2 Å². The summed E-state index contributed by atoms with van der Waals surface area (Å²) in [4.78, 5) is 27.7. The van der Waals surface area contributed by atoms with Gasteiger partial charge >= 0.3 is 5.97 Å². The summed E-state index contributed by atoms with van der Waals surface area (Å²) in [6.45, 7) is 10.6. The fourth-order valence-electron chi connectivity index (χ4n) is 3.83. The molecule has 174 valence electrons. The highest BCUT2D eigenvalue weighted by Gasteiger charge is 2.28. The minimum atomic E-state index is -0.364. The van der Waals surface area contributed by atoms with Crippen molar-refractivity contribution < 1.29 is 14.3 Å². The molecular weight excluding hydrogens is 476 g/mol. The predicted octanol–water partition coefficient (Wildman–Crippen LogP) is 5.27. The Morgan fingerprint density at radius 1 is 1.33 bits per heavy atom. The van der Waals surface area contributed by atoms with Gasteiger partial charge in [-0.2, -0.15) is 0 Å². The summed E-state index contributed by atoms with van der Waals surface area (Å²) in [6.07, 6.45) is 4.61. The molecule has 1 aliphatic rings. The smallest absolute Gasteiger partial charge is 0.341 e. The van der Waals surface area contributed by atoms with Crippen LogP contribution in [0.15, 0.2) is 23.2 Å². The third-order valence-corrected chi connectivity index (χ3v) is 8.73. The molecule has 0 spiro atoms. The Kier molecular flexibility index (Phi) is 7.35. The summed E-state index contributed by atoms with van der Waals surface area (Å²) >= 11 is 4.48. The number of aryl methyl sites for hydroxylation is 2. The number of carbonyl (C=O) groups is 2. The highest BCUT2D eigenvalue weighted by Crippen LogP contribution is 2.39. The number of thiophene rings is 2. The van der Waals surface area contributed by atoms with E-state index in [1.54, 1.807) is 24.3 Å². The van der Waals surface area contributed by atoms with Crippen molar-refractivity contribution in [3.05, 3.63) is 44.5 Å². The second-order valence-corrected chi connectivity index (χ2v) is 10.8. The van der Waals surface area contributed by atoms with Crippen molar-refractivity contribution in [2.45, 2.75) is 51.7 Å². The predicted molar refractivity (Wildman–Crippen MR) is 135 cm³/mol. The summed E-state index contributed by atoms with van der Waals surface area (Å²) < 4.78 is 7.22. The van der Waals surface area contributed by atoms with E-state index in [1.165, 1.54) is 33.5 Å². The first-order valence-corrected chi connectivity index (χ1v) is 13.5. The number of allylic oxidation sites excluding steroid dienone is 1. The summed E-state index contributed by atoms with van der Waals surface area (Å²) in [5, 5.41) is 15.0. The number of thioether (sulfide) groups is 1. The van der Waals surface area contributed by atoms with E-state index in [9.17, 15) is 9.59 Å². The number of ether oxygens (including phenoxy) is 1. The fourth-order valence-corrected chi connectivity index (χ4v) is 6.73. The van der Waals surface area contributed by atoms with Gasteiger partial charge in [-0.3, -0.25) is 9.36 Å². The van der Waals surface area contributed by atoms with Crippen molar-refractivity contribution >= 4 is 51.3 Å². The molecule has 0 fully saturated rings. The summed E-state index contributed by atoms with van der Waals surface area (Å²) in [5.41, 5.74) is 3.78. The number of esters is 1. The molecule has 0 aromatic carbocycles. The van der Waals surface area contributed by atoms with E-state index in [2.05, 4.69) is 41.3 Å². The lowest BCUT2D eigenvalue weighted by molar-refractivity contribution is -0.113. The van der Waals surface area contributed by atoms with Crippen LogP contribution in [-0.4, -0.2) is 39.0 Å². The van der Waals surface area contributed by atoms with Gasteiger partial charge in [0.2, 0.25) is 5.91 Å². The molecule has 3 aromatic heterocycles. The molecule has 7 nitrogen and oxygen atoms in total. The van der Waals surface area contributed by atoms with Crippen LogP contribution in [0.3, 0.4) is 0 Å².